The highest BCUT2D eigenvalue weighted by Crippen LogP contribution is 2.41. The molecule has 6 nitrogen and oxygen atoms in total. The third-order valence-corrected chi connectivity index (χ3v) is 6.39. The topological polar surface area (TPSA) is 65.8 Å². The van der Waals surface area contributed by atoms with E-state index in [0.717, 1.165) is 31.4 Å². The number of carbonyl (C=O) groups excluding carboxylic acids is 2. The number of hydrogen-bond donors (Lipinski definition) is 1. The van der Waals surface area contributed by atoms with Gasteiger partial charge in [-0.15, -0.1) is 0 Å². The molecule has 9 heteroatoms. The summed E-state index contributed by atoms with van der Waals surface area (Å²) in [6, 6.07) is 5.79. The average molecular weight is 435 g/mol. The second kappa shape index (κ2) is 7.94. The number of carbonyl (C=O) groups is 2. The zero-order valence-corrected chi connectivity index (χ0v) is 17.2. The minimum atomic E-state index is -4.41. The van der Waals surface area contributed by atoms with Crippen molar-refractivity contribution < 1.29 is 27.2 Å². The van der Waals surface area contributed by atoms with E-state index in [1.807, 2.05) is 4.90 Å². The molecule has 1 spiro atoms. The second-order valence-corrected chi connectivity index (χ2v) is 8.36. The van der Waals surface area contributed by atoms with Gasteiger partial charge in [0.1, 0.15) is 5.76 Å². The molecule has 1 aromatic carbocycles. The lowest BCUT2D eigenvalue weighted by Crippen LogP contribution is -2.45. The van der Waals surface area contributed by atoms with E-state index < -0.39 is 11.7 Å². The number of hydrogen-bond acceptors (Lipinski definition) is 3. The number of anilines is 1. The van der Waals surface area contributed by atoms with Crippen LogP contribution in [0.5, 0.6) is 0 Å². The van der Waals surface area contributed by atoms with E-state index in [-0.39, 0.29) is 17.4 Å². The van der Waals surface area contributed by atoms with Crippen LogP contribution in [0.25, 0.3) is 0 Å². The molecule has 0 aliphatic carbocycles. The Labute approximate surface area is 178 Å². The Kier molecular flexibility index (Phi) is 5.45. The number of halogens is 3. The maximum atomic E-state index is 12.7. The summed E-state index contributed by atoms with van der Waals surface area (Å²) in [7, 11) is 0. The minimum absolute atomic E-state index is 0.0281. The molecule has 0 saturated carbocycles. The van der Waals surface area contributed by atoms with Crippen LogP contribution in [0.2, 0.25) is 0 Å². The van der Waals surface area contributed by atoms with Gasteiger partial charge in [0, 0.05) is 31.9 Å². The van der Waals surface area contributed by atoms with Gasteiger partial charge in [0.2, 0.25) is 0 Å². The predicted octanol–water partition coefficient (Wildman–Crippen LogP) is 4.77. The molecule has 31 heavy (non-hydrogen) atoms. The van der Waals surface area contributed by atoms with Gasteiger partial charge in [-0.2, -0.15) is 13.2 Å². The van der Waals surface area contributed by atoms with Crippen LogP contribution < -0.4 is 5.32 Å². The van der Waals surface area contributed by atoms with Gasteiger partial charge in [-0.3, -0.25) is 4.79 Å². The number of furan rings is 1. The van der Waals surface area contributed by atoms with Crippen LogP contribution >= 0.6 is 0 Å². The summed E-state index contributed by atoms with van der Waals surface area (Å²) >= 11 is 0. The number of urea groups is 1. The van der Waals surface area contributed by atoms with Gasteiger partial charge >= 0.3 is 12.2 Å². The van der Waals surface area contributed by atoms with Crippen LogP contribution in [0.4, 0.5) is 23.7 Å². The van der Waals surface area contributed by atoms with E-state index in [1.54, 1.807) is 17.9 Å². The Bertz CT molecular complexity index is 960. The van der Waals surface area contributed by atoms with E-state index in [0.29, 0.717) is 43.2 Å². The van der Waals surface area contributed by atoms with Crippen molar-refractivity contribution in [3.63, 3.8) is 0 Å². The second-order valence-electron chi connectivity index (χ2n) is 8.36. The number of rotatable bonds is 2. The third-order valence-electron chi connectivity index (χ3n) is 6.39. The van der Waals surface area contributed by atoms with E-state index in [1.165, 1.54) is 18.4 Å². The first kappa shape index (κ1) is 21.3. The van der Waals surface area contributed by atoms with Gasteiger partial charge < -0.3 is 19.5 Å². The predicted molar refractivity (Wildman–Crippen MR) is 108 cm³/mol. The fourth-order valence-electron chi connectivity index (χ4n) is 4.42. The molecule has 1 N–H and O–H groups in total. The standard InChI is InChI=1S/C22H24F3N3O3/c1-15-18(6-13-31-15)19(29)27-10-7-21(8-11-27)9-12-28(14-21)20(30)26-17-4-2-16(3-5-17)22(23,24)25/h2-6,13H,7-12,14H2,1H3,(H,26,30). The summed E-state index contributed by atoms with van der Waals surface area (Å²) in [6.45, 7) is 4.17. The summed E-state index contributed by atoms with van der Waals surface area (Å²) in [5, 5.41) is 2.68. The fourth-order valence-corrected chi connectivity index (χ4v) is 4.42. The zero-order valence-electron chi connectivity index (χ0n) is 17.2. The number of piperidine rings is 1. The number of alkyl halides is 3. The van der Waals surface area contributed by atoms with Crippen LogP contribution in [0.15, 0.2) is 41.0 Å². The van der Waals surface area contributed by atoms with Gasteiger partial charge in [0.05, 0.1) is 17.4 Å². The molecule has 0 unspecified atom stereocenters. The number of nitrogens with zero attached hydrogens (tertiary/aromatic N) is 2. The Morgan fingerprint density at radius 2 is 1.61 bits per heavy atom. The number of likely N-dealkylation sites (tertiary alicyclic amines) is 2. The summed E-state index contributed by atoms with van der Waals surface area (Å²) in [4.78, 5) is 28.8. The van der Waals surface area contributed by atoms with Gasteiger partial charge in [-0.05, 0) is 61.9 Å². The summed E-state index contributed by atoms with van der Waals surface area (Å²) in [5.74, 6) is 0.577. The Morgan fingerprint density at radius 3 is 2.16 bits per heavy atom. The lowest BCUT2D eigenvalue weighted by molar-refractivity contribution is -0.137. The van der Waals surface area contributed by atoms with Crippen molar-refractivity contribution in [1.82, 2.24) is 9.80 Å². The van der Waals surface area contributed by atoms with E-state index in [9.17, 15) is 22.8 Å². The molecule has 4 rings (SSSR count). The lowest BCUT2D eigenvalue weighted by atomic mass is 9.77. The van der Waals surface area contributed by atoms with Crippen molar-refractivity contribution in [2.75, 3.05) is 31.5 Å². The van der Waals surface area contributed by atoms with Gasteiger partial charge in [0.15, 0.2) is 0 Å². The fraction of sp³-hybridized carbons (Fsp3) is 0.455. The molecule has 2 aliphatic heterocycles. The quantitative estimate of drug-likeness (QED) is 0.739. The molecule has 2 saturated heterocycles. The molecule has 1 aromatic heterocycles. The van der Waals surface area contributed by atoms with Crippen LogP contribution in [-0.4, -0.2) is 47.9 Å². The summed E-state index contributed by atoms with van der Waals surface area (Å²) in [5.41, 5.74) is 0.131. The van der Waals surface area contributed by atoms with Crippen molar-refractivity contribution in [3.05, 3.63) is 53.5 Å². The molecular weight excluding hydrogens is 411 g/mol. The summed E-state index contributed by atoms with van der Waals surface area (Å²) in [6.07, 6.45) is -0.436. The molecule has 2 fully saturated rings. The first-order chi connectivity index (χ1) is 14.7. The van der Waals surface area contributed by atoms with Crippen molar-refractivity contribution in [1.29, 1.82) is 0 Å². The molecule has 0 radical (unpaired) electrons. The number of amides is 3. The van der Waals surface area contributed by atoms with E-state index >= 15 is 0 Å². The first-order valence-corrected chi connectivity index (χ1v) is 10.2. The monoisotopic (exact) mass is 435 g/mol. The van der Waals surface area contributed by atoms with Crippen molar-refractivity contribution >= 4 is 17.6 Å². The van der Waals surface area contributed by atoms with Crippen LogP contribution in [-0.2, 0) is 6.18 Å². The highest BCUT2D eigenvalue weighted by Gasteiger charge is 2.43. The molecule has 2 aliphatic rings. The SMILES string of the molecule is Cc1occc1C(=O)N1CCC2(CCN(C(=O)Nc3ccc(C(F)(F)F)cc3)C2)CC1. The van der Waals surface area contributed by atoms with Crippen molar-refractivity contribution in [2.45, 2.75) is 32.4 Å². The van der Waals surface area contributed by atoms with Crippen LogP contribution in [0.1, 0.15) is 40.9 Å². The largest absolute Gasteiger partial charge is 0.469 e. The van der Waals surface area contributed by atoms with Crippen molar-refractivity contribution in [2.24, 2.45) is 5.41 Å². The average Bonchev–Trinajstić information content (AvgIpc) is 3.34. The highest BCUT2D eigenvalue weighted by atomic mass is 19.4. The number of benzene rings is 1. The van der Waals surface area contributed by atoms with Gasteiger partial charge in [-0.25, -0.2) is 4.79 Å². The normalized spacial score (nSPS) is 18.5. The molecule has 3 amide bonds. The lowest BCUT2D eigenvalue weighted by Gasteiger charge is -2.39. The zero-order chi connectivity index (χ0) is 22.2. The molecule has 166 valence electrons. The summed E-state index contributed by atoms with van der Waals surface area (Å²) < 4.78 is 43.3. The number of aryl methyl sites for hydroxylation is 1. The molecular formula is C22H24F3N3O3. The maximum Gasteiger partial charge on any atom is 0.416 e. The van der Waals surface area contributed by atoms with Crippen LogP contribution in [0, 0.1) is 12.3 Å². The highest BCUT2D eigenvalue weighted by molar-refractivity contribution is 5.95. The van der Waals surface area contributed by atoms with E-state index in [4.69, 9.17) is 4.42 Å². The smallest absolute Gasteiger partial charge is 0.416 e. The van der Waals surface area contributed by atoms with Gasteiger partial charge in [0.25, 0.3) is 5.91 Å². The molecule has 0 bridgehead atoms. The molecule has 2 aromatic rings. The van der Waals surface area contributed by atoms with Crippen LogP contribution in [0.3, 0.4) is 0 Å². The van der Waals surface area contributed by atoms with Gasteiger partial charge in [-0.1, -0.05) is 0 Å². The Morgan fingerprint density at radius 1 is 1.00 bits per heavy atom. The Balaban J connectivity index is 1.31. The van der Waals surface area contributed by atoms with Crippen molar-refractivity contribution in [3.8, 4) is 0 Å². The molecule has 3 heterocycles. The minimum Gasteiger partial charge on any atom is -0.469 e. The Hall–Kier alpha value is -2.97. The van der Waals surface area contributed by atoms with E-state index in [2.05, 4.69) is 5.32 Å². The number of nitrogens with one attached hydrogen (secondary N) is 1. The maximum absolute atomic E-state index is 12.7. The molecule has 0 atom stereocenters. The third kappa shape index (κ3) is 4.40. The first-order valence-electron chi connectivity index (χ1n) is 10.2.